The molecule has 2 N–H and O–H groups in total. The molecule has 0 unspecified atom stereocenters. The molecule has 1 saturated carbocycles. The van der Waals surface area contributed by atoms with Gasteiger partial charge in [0.2, 0.25) is 0 Å². The maximum absolute atomic E-state index is 12.0. The molecule has 0 saturated heterocycles. The molecule has 1 aliphatic carbocycles. The predicted molar refractivity (Wildman–Crippen MR) is 73.0 cm³/mol. The zero-order chi connectivity index (χ0) is 13.8. The summed E-state index contributed by atoms with van der Waals surface area (Å²) in [5, 5.41) is 11.6. The molecule has 1 aliphatic rings. The maximum atomic E-state index is 12.0. The van der Waals surface area contributed by atoms with E-state index < -0.39 is 5.97 Å². The number of nitrogens with one attached hydrogen (secondary N) is 1. The summed E-state index contributed by atoms with van der Waals surface area (Å²) >= 11 is 1.70. The van der Waals surface area contributed by atoms with E-state index >= 15 is 0 Å². The van der Waals surface area contributed by atoms with Crippen molar-refractivity contribution in [3.8, 4) is 0 Å². The summed E-state index contributed by atoms with van der Waals surface area (Å²) in [5.74, 6) is -0.863. The van der Waals surface area contributed by atoms with Crippen molar-refractivity contribution >= 4 is 23.8 Å². The molecule has 0 aromatic rings. The van der Waals surface area contributed by atoms with E-state index in [0.29, 0.717) is 13.1 Å². The summed E-state index contributed by atoms with van der Waals surface area (Å²) in [5.41, 5.74) is 0. The van der Waals surface area contributed by atoms with Crippen LogP contribution < -0.4 is 5.32 Å². The van der Waals surface area contributed by atoms with E-state index in [9.17, 15) is 9.59 Å². The third-order valence-corrected chi connectivity index (χ3v) is 4.28. The van der Waals surface area contributed by atoms with Crippen molar-refractivity contribution in [3.05, 3.63) is 0 Å². The number of carboxylic acid groups (broad SMARTS) is 1. The molecule has 18 heavy (non-hydrogen) atoms. The van der Waals surface area contributed by atoms with Gasteiger partial charge in [0.15, 0.2) is 0 Å². The first-order chi connectivity index (χ1) is 8.35. The molecular weight excluding hydrogens is 252 g/mol. The number of hydrogen-bond acceptors (Lipinski definition) is 3. The summed E-state index contributed by atoms with van der Waals surface area (Å²) in [4.78, 5) is 24.2. The highest BCUT2D eigenvalue weighted by Crippen LogP contribution is 2.27. The first kappa shape index (κ1) is 15.1. The van der Waals surface area contributed by atoms with Crippen LogP contribution in [0.5, 0.6) is 0 Å². The first-order valence-electron chi connectivity index (χ1n) is 6.17. The van der Waals surface area contributed by atoms with Gasteiger partial charge in [-0.05, 0) is 32.9 Å². The summed E-state index contributed by atoms with van der Waals surface area (Å²) in [6.45, 7) is 5.02. The molecule has 6 heteroatoms. The van der Waals surface area contributed by atoms with Crippen LogP contribution in [0.25, 0.3) is 0 Å². The minimum atomic E-state index is -0.863. The van der Waals surface area contributed by atoms with E-state index in [-0.39, 0.29) is 23.2 Å². The Morgan fingerprint density at radius 3 is 2.50 bits per heavy atom. The van der Waals surface area contributed by atoms with Crippen LogP contribution >= 0.6 is 11.8 Å². The van der Waals surface area contributed by atoms with Gasteiger partial charge in [-0.2, -0.15) is 11.8 Å². The zero-order valence-electron chi connectivity index (χ0n) is 11.2. The molecule has 2 amide bonds. The Kier molecular flexibility index (Phi) is 5.31. The number of nitrogens with zero attached hydrogens (tertiary/aromatic N) is 1. The predicted octanol–water partition coefficient (Wildman–Crippen LogP) is 1.78. The van der Waals surface area contributed by atoms with Crippen LogP contribution in [0.2, 0.25) is 0 Å². The van der Waals surface area contributed by atoms with Crippen molar-refractivity contribution in [2.45, 2.75) is 43.9 Å². The van der Waals surface area contributed by atoms with Gasteiger partial charge < -0.3 is 15.3 Å². The topological polar surface area (TPSA) is 69.6 Å². The molecule has 104 valence electrons. The van der Waals surface area contributed by atoms with Gasteiger partial charge >= 0.3 is 12.0 Å². The highest BCUT2D eigenvalue weighted by atomic mass is 32.2. The Bertz CT molecular complexity index is 316. The number of urea groups is 1. The SMILES string of the molecule is CSC(C)(C)CNC(=O)N(CCC(=O)O)C1CC1. The van der Waals surface area contributed by atoms with Gasteiger partial charge in [0, 0.05) is 23.9 Å². The molecule has 0 spiro atoms. The third kappa shape index (κ3) is 5.16. The Balaban J connectivity index is 2.42. The van der Waals surface area contributed by atoms with Gasteiger partial charge in [-0.15, -0.1) is 0 Å². The molecular formula is C12H22N2O3S. The normalized spacial score (nSPS) is 15.3. The molecule has 1 fully saturated rings. The minimum Gasteiger partial charge on any atom is -0.481 e. The van der Waals surface area contributed by atoms with Crippen LogP contribution in [0.15, 0.2) is 0 Å². The standard InChI is InChI=1S/C12H22N2O3S/c1-12(2,18-3)8-13-11(17)14(9-4-5-9)7-6-10(15)16/h9H,4-8H2,1-3H3,(H,13,17)(H,15,16). The Morgan fingerprint density at radius 1 is 1.44 bits per heavy atom. The Morgan fingerprint density at radius 2 is 2.06 bits per heavy atom. The highest BCUT2D eigenvalue weighted by Gasteiger charge is 2.33. The number of carboxylic acids is 1. The van der Waals surface area contributed by atoms with Gasteiger partial charge in [-0.3, -0.25) is 4.79 Å². The second-order valence-electron chi connectivity index (χ2n) is 5.19. The lowest BCUT2D eigenvalue weighted by Gasteiger charge is -2.26. The smallest absolute Gasteiger partial charge is 0.317 e. The second kappa shape index (κ2) is 6.31. The average Bonchev–Trinajstić information content (AvgIpc) is 3.11. The van der Waals surface area contributed by atoms with Crippen molar-refractivity contribution in [2.24, 2.45) is 0 Å². The number of carbonyl (C=O) groups excluding carboxylic acids is 1. The highest BCUT2D eigenvalue weighted by molar-refractivity contribution is 7.99. The molecule has 1 rings (SSSR count). The lowest BCUT2D eigenvalue weighted by atomic mass is 10.2. The lowest BCUT2D eigenvalue weighted by molar-refractivity contribution is -0.137. The zero-order valence-corrected chi connectivity index (χ0v) is 12.0. The number of amides is 2. The molecule has 0 bridgehead atoms. The van der Waals surface area contributed by atoms with Crippen molar-refractivity contribution < 1.29 is 14.7 Å². The largest absolute Gasteiger partial charge is 0.481 e. The quantitative estimate of drug-likeness (QED) is 0.742. The first-order valence-corrected chi connectivity index (χ1v) is 7.39. The van der Waals surface area contributed by atoms with Gasteiger partial charge in [-0.25, -0.2) is 4.79 Å². The van der Waals surface area contributed by atoms with Crippen LogP contribution in [-0.4, -0.2) is 52.1 Å². The van der Waals surface area contributed by atoms with Crippen molar-refractivity contribution in [1.82, 2.24) is 10.2 Å². The summed E-state index contributed by atoms with van der Waals surface area (Å²) in [6, 6.07) is 0.0996. The van der Waals surface area contributed by atoms with Crippen LogP contribution in [-0.2, 0) is 4.79 Å². The van der Waals surface area contributed by atoms with Crippen molar-refractivity contribution in [1.29, 1.82) is 0 Å². The van der Waals surface area contributed by atoms with Gasteiger partial charge in [0.05, 0.1) is 6.42 Å². The molecule has 0 aliphatic heterocycles. The van der Waals surface area contributed by atoms with E-state index in [4.69, 9.17) is 5.11 Å². The number of hydrogen-bond donors (Lipinski definition) is 2. The van der Waals surface area contributed by atoms with Crippen LogP contribution in [0.1, 0.15) is 33.1 Å². The van der Waals surface area contributed by atoms with E-state index in [1.54, 1.807) is 16.7 Å². The molecule has 0 aromatic carbocycles. The molecule has 0 radical (unpaired) electrons. The monoisotopic (exact) mass is 274 g/mol. The maximum Gasteiger partial charge on any atom is 0.317 e. The van der Waals surface area contributed by atoms with Crippen LogP contribution in [0, 0.1) is 0 Å². The summed E-state index contributed by atoms with van der Waals surface area (Å²) in [6.07, 6.45) is 3.99. The van der Waals surface area contributed by atoms with Crippen molar-refractivity contribution in [3.63, 3.8) is 0 Å². The number of aliphatic carboxylic acids is 1. The molecule has 5 nitrogen and oxygen atoms in total. The van der Waals surface area contributed by atoms with E-state index in [0.717, 1.165) is 12.8 Å². The molecule has 0 aromatic heterocycles. The van der Waals surface area contributed by atoms with E-state index in [1.807, 2.05) is 6.26 Å². The number of thioether (sulfide) groups is 1. The van der Waals surface area contributed by atoms with Gasteiger partial charge in [0.1, 0.15) is 0 Å². The Hall–Kier alpha value is -0.910. The molecule has 0 atom stereocenters. The number of rotatable bonds is 7. The Labute approximate surface area is 112 Å². The van der Waals surface area contributed by atoms with Crippen molar-refractivity contribution in [2.75, 3.05) is 19.3 Å². The minimum absolute atomic E-state index is 0.00230. The van der Waals surface area contributed by atoms with Crippen LogP contribution in [0.4, 0.5) is 4.79 Å². The average molecular weight is 274 g/mol. The fourth-order valence-electron chi connectivity index (χ4n) is 1.51. The lowest BCUT2D eigenvalue weighted by Crippen LogP contribution is -2.46. The summed E-state index contributed by atoms with van der Waals surface area (Å²) < 4.78 is -0.00230. The van der Waals surface area contributed by atoms with E-state index in [2.05, 4.69) is 19.2 Å². The van der Waals surface area contributed by atoms with E-state index in [1.165, 1.54) is 0 Å². The fraction of sp³-hybridized carbons (Fsp3) is 0.833. The molecule has 0 heterocycles. The summed E-state index contributed by atoms with van der Waals surface area (Å²) in [7, 11) is 0. The fourth-order valence-corrected chi connectivity index (χ4v) is 1.73. The van der Waals surface area contributed by atoms with Crippen LogP contribution in [0.3, 0.4) is 0 Å². The van der Waals surface area contributed by atoms with Gasteiger partial charge in [0.25, 0.3) is 0 Å². The second-order valence-corrected chi connectivity index (χ2v) is 6.70. The number of carbonyl (C=O) groups is 2. The van der Waals surface area contributed by atoms with Gasteiger partial charge in [-0.1, -0.05) is 0 Å². The third-order valence-electron chi connectivity index (χ3n) is 3.03.